The van der Waals surface area contributed by atoms with E-state index in [1.54, 1.807) is 0 Å². The van der Waals surface area contributed by atoms with Crippen molar-refractivity contribution in [2.75, 3.05) is 12.5 Å². The molecule has 0 aliphatic heterocycles. The molecule has 2 aromatic rings. The average molecular weight is 284 g/mol. The molecular weight excluding hydrogens is 270 g/mol. The van der Waals surface area contributed by atoms with E-state index in [0.717, 1.165) is 0 Å². The summed E-state index contributed by atoms with van der Waals surface area (Å²) in [6, 6.07) is 2.88. The zero-order valence-corrected chi connectivity index (χ0v) is 11.0. The van der Waals surface area contributed by atoms with E-state index >= 15 is 0 Å². The number of nitrogen functional groups attached to an aromatic ring is 1. The number of alkyl halides is 2. The fourth-order valence-corrected chi connectivity index (χ4v) is 1.80. The van der Waals surface area contributed by atoms with Crippen LogP contribution in [0.2, 0.25) is 0 Å². The van der Waals surface area contributed by atoms with Gasteiger partial charge in [-0.05, 0) is 6.07 Å². The van der Waals surface area contributed by atoms with Gasteiger partial charge in [0.15, 0.2) is 17.3 Å². The minimum absolute atomic E-state index is 0.0845. The lowest BCUT2D eigenvalue weighted by Crippen LogP contribution is -2.11. The Bertz CT molecular complexity index is 622. The van der Waals surface area contributed by atoms with E-state index in [-0.39, 0.29) is 11.5 Å². The van der Waals surface area contributed by atoms with Crippen LogP contribution in [-0.4, -0.2) is 23.7 Å². The lowest BCUT2D eigenvalue weighted by molar-refractivity contribution is -0.0511. The highest BCUT2D eigenvalue weighted by Crippen LogP contribution is 2.34. The second kappa shape index (κ2) is 5.83. The molecule has 1 aromatic heterocycles. The monoisotopic (exact) mass is 284 g/mol. The highest BCUT2D eigenvalue weighted by atomic mass is 19.3. The van der Waals surface area contributed by atoms with E-state index in [4.69, 9.17) is 10.6 Å². The fraction of sp³-hybridized carbons (Fsp3) is 0.333. The summed E-state index contributed by atoms with van der Waals surface area (Å²) in [5, 5.41) is 0.558. The molecule has 0 radical (unpaired) electrons. The quantitative estimate of drug-likeness (QED) is 0.646. The van der Waals surface area contributed by atoms with Crippen molar-refractivity contribution in [1.29, 1.82) is 0 Å². The molecule has 0 amide bonds. The predicted octanol–water partition coefficient (Wildman–Crippen LogP) is 2.09. The molecule has 0 aliphatic carbocycles. The summed E-state index contributed by atoms with van der Waals surface area (Å²) in [5.41, 5.74) is 2.91. The highest BCUT2D eigenvalue weighted by molar-refractivity contribution is 5.91. The van der Waals surface area contributed by atoms with Crippen LogP contribution in [0.15, 0.2) is 12.1 Å². The molecule has 8 heteroatoms. The molecule has 0 atom stereocenters. The summed E-state index contributed by atoms with van der Waals surface area (Å²) in [4.78, 5) is 8.47. The summed E-state index contributed by atoms with van der Waals surface area (Å²) < 4.78 is 34.2. The van der Waals surface area contributed by atoms with Gasteiger partial charge in [-0.1, -0.05) is 6.92 Å². The van der Waals surface area contributed by atoms with Crippen molar-refractivity contribution in [2.24, 2.45) is 5.84 Å². The van der Waals surface area contributed by atoms with Crippen molar-refractivity contribution >= 4 is 16.7 Å². The molecule has 0 bridgehead atoms. The number of rotatable bonds is 5. The Morgan fingerprint density at radius 1 is 1.30 bits per heavy atom. The minimum Gasteiger partial charge on any atom is -0.493 e. The molecule has 0 unspecified atom stereocenters. The Kier molecular flexibility index (Phi) is 4.14. The van der Waals surface area contributed by atoms with Gasteiger partial charge in [-0.3, -0.25) is 0 Å². The van der Waals surface area contributed by atoms with Crippen molar-refractivity contribution in [3.63, 3.8) is 0 Å². The number of anilines is 1. The number of hydrazine groups is 1. The van der Waals surface area contributed by atoms with E-state index in [2.05, 4.69) is 20.1 Å². The van der Waals surface area contributed by atoms with Crippen LogP contribution in [0.3, 0.4) is 0 Å². The number of ether oxygens (including phenoxy) is 2. The number of aryl methyl sites for hydroxylation is 1. The number of methoxy groups -OCH3 is 1. The Balaban J connectivity index is 2.66. The number of fused-ring (bicyclic) bond motifs is 1. The number of aromatic nitrogens is 2. The third-order valence-electron chi connectivity index (χ3n) is 2.70. The standard InChI is InChI=1S/C12H14F2N4O2/c1-3-10-16-7-5-9(20-12(13)14)8(19-2)4-6(7)11(17-10)18-15/h4-5,12H,3,15H2,1-2H3,(H,16,17,18). The molecule has 0 fully saturated rings. The van der Waals surface area contributed by atoms with E-state index in [1.807, 2.05) is 6.92 Å². The van der Waals surface area contributed by atoms with E-state index in [9.17, 15) is 8.78 Å². The molecule has 0 aliphatic rings. The first-order valence-corrected chi connectivity index (χ1v) is 5.89. The van der Waals surface area contributed by atoms with Crippen LogP contribution in [0, 0.1) is 0 Å². The molecule has 2 rings (SSSR count). The zero-order valence-electron chi connectivity index (χ0n) is 11.0. The summed E-state index contributed by atoms with van der Waals surface area (Å²) in [5.74, 6) is 6.43. The van der Waals surface area contributed by atoms with Gasteiger partial charge in [0.05, 0.1) is 12.6 Å². The topological polar surface area (TPSA) is 82.3 Å². The number of hydrogen-bond acceptors (Lipinski definition) is 6. The van der Waals surface area contributed by atoms with Crippen molar-refractivity contribution in [2.45, 2.75) is 20.0 Å². The number of halogens is 2. The fourth-order valence-electron chi connectivity index (χ4n) is 1.80. The lowest BCUT2D eigenvalue weighted by atomic mass is 10.2. The molecule has 1 heterocycles. The number of hydrogen-bond donors (Lipinski definition) is 2. The largest absolute Gasteiger partial charge is 0.493 e. The SMILES string of the molecule is CCc1nc(NN)c2cc(OC)c(OC(F)F)cc2n1. The molecule has 108 valence electrons. The third-order valence-corrected chi connectivity index (χ3v) is 2.70. The van der Waals surface area contributed by atoms with Crippen molar-refractivity contribution < 1.29 is 18.3 Å². The first-order valence-electron chi connectivity index (χ1n) is 5.89. The lowest BCUT2D eigenvalue weighted by Gasteiger charge is -2.13. The average Bonchev–Trinajstić information content (AvgIpc) is 2.44. The summed E-state index contributed by atoms with van der Waals surface area (Å²) in [7, 11) is 1.36. The molecule has 0 spiro atoms. The van der Waals surface area contributed by atoms with Crippen molar-refractivity contribution in [3.8, 4) is 11.5 Å². The normalized spacial score (nSPS) is 10.9. The summed E-state index contributed by atoms with van der Waals surface area (Å²) in [6.45, 7) is -1.07. The summed E-state index contributed by atoms with van der Waals surface area (Å²) in [6.07, 6.45) is 0.585. The molecular formula is C12H14F2N4O2. The van der Waals surface area contributed by atoms with Crippen LogP contribution in [0.1, 0.15) is 12.7 Å². The Labute approximate surface area is 113 Å². The Morgan fingerprint density at radius 3 is 2.60 bits per heavy atom. The summed E-state index contributed by atoms with van der Waals surface area (Å²) >= 11 is 0. The molecule has 6 nitrogen and oxygen atoms in total. The van der Waals surface area contributed by atoms with Crippen LogP contribution in [0.4, 0.5) is 14.6 Å². The van der Waals surface area contributed by atoms with Crippen LogP contribution in [-0.2, 0) is 6.42 Å². The zero-order chi connectivity index (χ0) is 14.7. The minimum atomic E-state index is -2.94. The molecule has 20 heavy (non-hydrogen) atoms. The van der Waals surface area contributed by atoms with Gasteiger partial charge in [-0.15, -0.1) is 0 Å². The molecule has 1 aromatic carbocycles. The Hall–Kier alpha value is -2.22. The van der Waals surface area contributed by atoms with Gasteiger partial charge in [0.1, 0.15) is 5.82 Å². The first-order chi connectivity index (χ1) is 9.58. The number of nitrogens with one attached hydrogen (secondary N) is 1. The van der Waals surface area contributed by atoms with Gasteiger partial charge in [-0.25, -0.2) is 15.8 Å². The van der Waals surface area contributed by atoms with Gasteiger partial charge < -0.3 is 14.9 Å². The first kappa shape index (κ1) is 14.2. The van der Waals surface area contributed by atoms with E-state index in [0.29, 0.717) is 29.0 Å². The smallest absolute Gasteiger partial charge is 0.387 e. The maximum absolute atomic E-state index is 12.4. The van der Waals surface area contributed by atoms with Gasteiger partial charge in [0.2, 0.25) is 0 Å². The Morgan fingerprint density at radius 2 is 2.05 bits per heavy atom. The van der Waals surface area contributed by atoms with Gasteiger partial charge in [0.25, 0.3) is 0 Å². The van der Waals surface area contributed by atoms with Gasteiger partial charge >= 0.3 is 6.61 Å². The van der Waals surface area contributed by atoms with Crippen LogP contribution in [0.5, 0.6) is 11.5 Å². The maximum Gasteiger partial charge on any atom is 0.387 e. The third kappa shape index (κ3) is 2.69. The van der Waals surface area contributed by atoms with Crippen molar-refractivity contribution in [1.82, 2.24) is 9.97 Å². The molecule has 0 saturated carbocycles. The molecule has 0 saturated heterocycles. The van der Waals surface area contributed by atoms with Crippen LogP contribution < -0.4 is 20.7 Å². The van der Waals surface area contributed by atoms with E-state index in [1.165, 1.54) is 19.2 Å². The van der Waals surface area contributed by atoms with Crippen molar-refractivity contribution in [3.05, 3.63) is 18.0 Å². The van der Waals surface area contributed by atoms with Gasteiger partial charge in [0, 0.05) is 17.9 Å². The second-order valence-corrected chi connectivity index (χ2v) is 3.89. The molecule has 3 N–H and O–H groups in total. The number of nitrogens with zero attached hydrogens (tertiary/aromatic N) is 2. The maximum atomic E-state index is 12.4. The highest BCUT2D eigenvalue weighted by Gasteiger charge is 2.15. The number of nitrogens with two attached hydrogens (primary N) is 1. The predicted molar refractivity (Wildman–Crippen MR) is 69.9 cm³/mol. The van der Waals surface area contributed by atoms with Crippen LogP contribution in [0.25, 0.3) is 10.9 Å². The second-order valence-electron chi connectivity index (χ2n) is 3.89. The van der Waals surface area contributed by atoms with E-state index < -0.39 is 6.61 Å². The number of benzene rings is 1. The van der Waals surface area contributed by atoms with Gasteiger partial charge in [-0.2, -0.15) is 8.78 Å². The van der Waals surface area contributed by atoms with Crippen LogP contribution >= 0.6 is 0 Å².